The number of carbonyl (C=O) groups excluding carboxylic acids is 1. The van der Waals surface area contributed by atoms with Crippen LogP contribution >= 0.6 is 0 Å². The SMILES string of the molecule is COC(=O)c1c(Cc2ccc(C)c(O)c2C)ccc2ccccc12. The van der Waals surface area contributed by atoms with Gasteiger partial charge in [0.25, 0.3) is 0 Å². The van der Waals surface area contributed by atoms with E-state index in [1.807, 2.05) is 62.4 Å². The second kappa shape index (κ2) is 6.36. The second-order valence-corrected chi connectivity index (χ2v) is 6.00. The van der Waals surface area contributed by atoms with Crippen molar-refractivity contribution in [2.24, 2.45) is 0 Å². The lowest BCUT2D eigenvalue weighted by Gasteiger charge is -2.14. The molecular weight excluding hydrogens is 300 g/mol. The zero-order chi connectivity index (χ0) is 17.3. The molecule has 122 valence electrons. The molecule has 0 unspecified atom stereocenters. The average Bonchev–Trinajstić information content (AvgIpc) is 2.61. The fraction of sp³-hybridized carbons (Fsp3) is 0.190. The first-order valence-corrected chi connectivity index (χ1v) is 7.90. The molecule has 24 heavy (non-hydrogen) atoms. The highest BCUT2D eigenvalue weighted by Gasteiger charge is 2.17. The fourth-order valence-electron chi connectivity index (χ4n) is 3.08. The molecule has 0 saturated carbocycles. The molecule has 0 spiro atoms. The number of ether oxygens (including phenoxy) is 1. The monoisotopic (exact) mass is 320 g/mol. The highest BCUT2D eigenvalue weighted by molar-refractivity contribution is 6.06. The van der Waals surface area contributed by atoms with Gasteiger partial charge in [0, 0.05) is 0 Å². The third-order valence-corrected chi connectivity index (χ3v) is 4.53. The number of aryl methyl sites for hydroxylation is 1. The molecule has 3 heteroatoms. The number of aromatic hydroxyl groups is 1. The van der Waals surface area contributed by atoms with E-state index in [9.17, 15) is 9.90 Å². The van der Waals surface area contributed by atoms with E-state index in [-0.39, 0.29) is 5.97 Å². The minimum absolute atomic E-state index is 0.313. The lowest BCUT2D eigenvalue weighted by atomic mass is 9.92. The highest BCUT2D eigenvalue weighted by Crippen LogP contribution is 2.29. The maximum atomic E-state index is 12.4. The predicted molar refractivity (Wildman–Crippen MR) is 95.7 cm³/mol. The van der Waals surface area contributed by atoms with E-state index in [0.717, 1.165) is 33.0 Å². The summed E-state index contributed by atoms with van der Waals surface area (Å²) in [5.41, 5.74) is 4.18. The van der Waals surface area contributed by atoms with E-state index in [2.05, 4.69) is 0 Å². The molecule has 0 aliphatic heterocycles. The quantitative estimate of drug-likeness (QED) is 0.721. The summed E-state index contributed by atoms with van der Waals surface area (Å²) < 4.78 is 5.01. The van der Waals surface area contributed by atoms with Crippen molar-refractivity contribution in [3.8, 4) is 5.75 Å². The Morgan fingerprint density at radius 3 is 2.46 bits per heavy atom. The molecule has 3 aromatic rings. The molecule has 3 nitrogen and oxygen atoms in total. The first kappa shape index (κ1) is 16.1. The van der Waals surface area contributed by atoms with E-state index in [4.69, 9.17) is 4.74 Å². The number of methoxy groups -OCH3 is 1. The lowest BCUT2D eigenvalue weighted by Crippen LogP contribution is -2.08. The van der Waals surface area contributed by atoms with Crippen LogP contribution in [0, 0.1) is 13.8 Å². The molecule has 0 atom stereocenters. The Balaban J connectivity index is 2.16. The van der Waals surface area contributed by atoms with Gasteiger partial charge in [0.05, 0.1) is 12.7 Å². The van der Waals surface area contributed by atoms with E-state index >= 15 is 0 Å². The lowest BCUT2D eigenvalue weighted by molar-refractivity contribution is 0.0602. The van der Waals surface area contributed by atoms with Crippen molar-refractivity contribution in [2.75, 3.05) is 7.11 Å². The molecule has 0 aliphatic rings. The molecule has 0 aliphatic carbocycles. The fourth-order valence-corrected chi connectivity index (χ4v) is 3.08. The van der Waals surface area contributed by atoms with Crippen LogP contribution < -0.4 is 0 Å². The average molecular weight is 320 g/mol. The van der Waals surface area contributed by atoms with Crippen LogP contribution in [0.15, 0.2) is 48.5 Å². The molecule has 0 heterocycles. The molecular formula is C21H20O3. The number of hydrogen-bond donors (Lipinski definition) is 1. The Morgan fingerprint density at radius 1 is 1.00 bits per heavy atom. The zero-order valence-corrected chi connectivity index (χ0v) is 14.1. The second-order valence-electron chi connectivity index (χ2n) is 6.00. The maximum Gasteiger partial charge on any atom is 0.338 e. The van der Waals surface area contributed by atoms with Gasteiger partial charge in [-0.05, 0) is 53.3 Å². The van der Waals surface area contributed by atoms with Crippen LogP contribution in [0.2, 0.25) is 0 Å². The standard InChI is InChI=1S/C21H20O3/c1-13-8-9-16(14(2)20(13)22)12-17-11-10-15-6-4-5-7-18(15)19(17)21(23)24-3/h4-11,22H,12H2,1-3H3. The van der Waals surface area contributed by atoms with Gasteiger partial charge < -0.3 is 9.84 Å². The summed E-state index contributed by atoms with van der Waals surface area (Å²) in [4.78, 5) is 12.4. The third kappa shape index (κ3) is 2.73. The van der Waals surface area contributed by atoms with Crippen molar-refractivity contribution < 1.29 is 14.6 Å². The number of fused-ring (bicyclic) bond motifs is 1. The van der Waals surface area contributed by atoms with Gasteiger partial charge in [0.1, 0.15) is 5.75 Å². The van der Waals surface area contributed by atoms with Crippen LogP contribution in [-0.4, -0.2) is 18.2 Å². The summed E-state index contributed by atoms with van der Waals surface area (Å²) in [5.74, 6) is -0.0244. The van der Waals surface area contributed by atoms with Gasteiger partial charge >= 0.3 is 5.97 Å². The van der Waals surface area contributed by atoms with Crippen LogP contribution in [0.25, 0.3) is 10.8 Å². The molecule has 0 radical (unpaired) electrons. The largest absolute Gasteiger partial charge is 0.507 e. The van der Waals surface area contributed by atoms with Crippen molar-refractivity contribution in [1.82, 2.24) is 0 Å². The number of esters is 1. The highest BCUT2D eigenvalue weighted by atomic mass is 16.5. The Bertz CT molecular complexity index is 926. The first-order valence-electron chi connectivity index (χ1n) is 7.90. The predicted octanol–water partition coefficient (Wildman–Crippen LogP) is 4.54. The number of benzene rings is 3. The normalized spacial score (nSPS) is 10.8. The molecule has 0 aromatic heterocycles. The smallest absolute Gasteiger partial charge is 0.338 e. The van der Waals surface area contributed by atoms with Crippen molar-refractivity contribution in [3.63, 3.8) is 0 Å². The topological polar surface area (TPSA) is 46.5 Å². The van der Waals surface area contributed by atoms with E-state index in [0.29, 0.717) is 17.7 Å². The van der Waals surface area contributed by atoms with Crippen LogP contribution in [-0.2, 0) is 11.2 Å². The summed E-state index contributed by atoms with van der Waals surface area (Å²) in [6.07, 6.45) is 0.564. The Labute approximate surface area is 141 Å². The summed E-state index contributed by atoms with van der Waals surface area (Å²) in [6, 6.07) is 15.7. The first-order chi connectivity index (χ1) is 11.5. The van der Waals surface area contributed by atoms with Crippen molar-refractivity contribution in [2.45, 2.75) is 20.3 Å². The van der Waals surface area contributed by atoms with Gasteiger partial charge in [-0.3, -0.25) is 0 Å². The van der Waals surface area contributed by atoms with Gasteiger partial charge in [-0.2, -0.15) is 0 Å². The van der Waals surface area contributed by atoms with Crippen LogP contribution in [0.5, 0.6) is 5.75 Å². The number of phenolic OH excluding ortho intramolecular Hbond substituents is 1. The maximum absolute atomic E-state index is 12.4. The van der Waals surface area contributed by atoms with Crippen molar-refractivity contribution in [3.05, 3.63) is 76.3 Å². The minimum atomic E-state index is -0.337. The summed E-state index contributed by atoms with van der Waals surface area (Å²) >= 11 is 0. The molecule has 0 fully saturated rings. The Kier molecular flexibility index (Phi) is 4.26. The van der Waals surface area contributed by atoms with Crippen LogP contribution in [0.4, 0.5) is 0 Å². The number of rotatable bonds is 3. The zero-order valence-electron chi connectivity index (χ0n) is 14.1. The van der Waals surface area contributed by atoms with Crippen LogP contribution in [0.1, 0.15) is 32.6 Å². The van der Waals surface area contributed by atoms with E-state index < -0.39 is 0 Å². The summed E-state index contributed by atoms with van der Waals surface area (Å²) in [7, 11) is 1.40. The number of hydrogen-bond acceptors (Lipinski definition) is 3. The minimum Gasteiger partial charge on any atom is -0.507 e. The third-order valence-electron chi connectivity index (χ3n) is 4.53. The summed E-state index contributed by atoms with van der Waals surface area (Å²) in [5, 5.41) is 12.1. The van der Waals surface area contributed by atoms with E-state index in [1.54, 1.807) is 0 Å². The number of phenols is 1. The molecule has 0 bridgehead atoms. The van der Waals surface area contributed by atoms with Gasteiger partial charge in [0.15, 0.2) is 0 Å². The molecule has 0 saturated heterocycles. The van der Waals surface area contributed by atoms with Crippen LogP contribution in [0.3, 0.4) is 0 Å². The van der Waals surface area contributed by atoms with Gasteiger partial charge in [-0.15, -0.1) is 0 Å². The van der Waals surface area contributed by atoms with Gasteiger partial charge in [0.2, 0.25) is 0 Å². The Hall–Kier alpha value is -2.81. The van der Waals surface area contributed by atoms with Crippen molar-refractivity contribution >= 4 is 16.7 Å². The van der Waals surface area contributed by atoms with Crippen molar-refractivity contribution in [1.29, 1.82) is 0 Å². The molecule has 3 rings (SSSR count). The molecule has 1 N–H and O–H groups in total. The molecule has 0 amide bonds. The van der Waals surface area contributed by atoms with Gasteiger partial charge in [-0.25, -0.2) is 4.79 Å². The van der Waals surface area contributed by atoms with Gasteiger partial charge in [-0.1, -0.05) is 48.5 Å². The summed E-state index contributed by atoms with van der Waals surface area (Å²) in [6.45, 7) is 3.78. The molecule has 3 aromatic carbocycles. The number of carbonyl (C=O) groups is 1. The van der Waals surface area contributed by atoms with E-state index in [1.165, 1.54) is 7.11 Å². The Morgan fingerprint density at radius 2 is 1.71 bits per heavy atom.